The molecule has 1 aromatic carbocycles. The molecule has 0 bridgehead atoms. The Morgan fingerprint density at radius 2 is 2.27 bits per heavy atom. The molecule has 0 radical (unpaired) electrons. The van der Waals surface area contributed by atoms with Crippen LogP contribution in [-0.4, -0.2) is 13.1 Å². The Labute approximate surface area is 94.2 Å². The van der Waals surface area contributed by atoms with Crippen molar-refractivity contribution in [2.45, 2.75) is 6.61 Å². The van der Waals surface area contributed by atoms with Crippen molar-refractivity contribution < 1.29 is 19.1 Å². The Balaban J connectivity index is 2.57. The highest BCUT2D eigenvalue weighted by molar-refractivity contribution is 9.10. The van der Waals surface area contributed by atoms with Gasteiger partial charge in [0.15, 0.2) is 17.8 Å². The van der Waals surface area contributed by atoms with Crippen LogP contribution in [0, 0.1) is 0 Å². The molecule has 1 aliphatic heterocycles. The number of benzene rings is 1. The summed E-state index contributed by atoms with van der Waals surface area (Å²) in [6, 6.07) is 1.73. The van der Waals surface area contributed by atoms with Crippen molar-refractivity contribution in [3.05, 3.63) is 21.7 Å². The maximum Gasteiger partial charge on any atom is 0.231 e. The lowest BCUT2D eigenvalue weighted by Crippen LogP contribution is -2.01. The highest BCUT2D eigenvalue weighted by Gasteiger charge is 2.24. The highest BCUT2D eigenvalue weighted by Crippen LogP contribution is 2.42. The van der Waals surface area contributed by atoms with Gasteiger partial charge in [-0.05, 0) is 22.0 Å². The fourth-order valence-corrected chi connectivity index (χ4v) is 1.98. The van der Waals surface area contributed by atoms with Gasteiger partial charge in [0.25, 0.3) is 0 Å². The first-order valence-corrected chi connectivity index (χ1v) is 4.95. The largest absolute Gasteiger partial charge is 0.453 e. The lowest BCUT2D eigenvalue weighted by atomic mass is 10.1. The van der Waals surface area contributed by atoms with Crippen molar-refractivity contribution in [2.24, 2.45) is 5.90 Å². The minimum atomic E-state index is 0.101. The molecule has 0 saturated carbocycles. The number of hydrogen-bond acceptors (Lipinski definition) is 5. The van der Waals surface area contributed by atoms with E-state index in [1.807, 2.05) is 0 Å². The van der Waals surface area contributed by atoms with Gasteiger partial charge in [-0.3, -0.25) is 9.63 Å². The molecule has 1 aliphatic rings. The molecule has 15 heavy (non-hydrogen) atoms. The first-order chi connectivity index (χ1) is 7.27. The van der Waals surface area contributed by atoms with Crippen LogP contribution in [-0.2, 0) is 11.4 Å². The third kappa shape index (κ3) is 1.71. The van der Waals surface area contributed by atoms with E-state index in [9.17, 15) is 4.79 Å². The highest BCUT2D eigenvalue weighted by atomic mass is 79.9. The van der Waals surface area contributed by atoms with Crippen LogP contribution in [0.1, 0.15) is 15.9 Å². The average Bonchev–Trinajstić information content (AvgIpc) is 2.67. The smallest absolute Gasteiger partial charge is 0.231 e. The molecular weight excluding hydrogens is 266 g/mol. The molecule has 0 unspecified atom stereocenters. The Bertz CT molecular complexity index is 408. The van der Waals surface area contributed by atoms with E-state index in [1.165, 1.54) is 0 Å². The van der Waals surface area contributed by atoms with Crippen LogP contribution in [0.2, 0.25) is 0 Å². The summed E-state index contributed by atoms with van der Waals surface area (Å²) in [7, 11) is 0. The SMILES string of the molecule is NOCc1cc(Br)c(C=O)c2c1OCO2. The molecule has 1 heterocycles. The molecule has 0 saturated heterocycles. The van der Waals surface area contributed by atoms with E-state index >= 15 is 0 Å². The number of carbonyl (C=O) groups excluding carboxylic acids is 1. The zero-order chi connectivity index (χ0) is 10.8. The zero-order valence-corrected chi connectivity index (χ0v) is 9.24. The fourth-order valence-electron chi connectivity index (χ4n) is 1.43. The maximum atomic E-state index is 10.8. The average molecular weight is 274 g/mol. The molecule has 6 heteroatoms. The van der Waals surface area contributed by atoms with Crippen LogP contribution in [0.5, 0.6) is 11.5 Å². The summed E-state index contributed by atoms with van der Waals surface area (Å²) >= 11 is 3.27. The summed E-state index contributed by atoms with van der Waals surface area (Å²) in [5, 5.41) is 0. The lowest BCUT2D eigenvalue weighted by molar-refractivity contribution is 0.111. The molecule has 0 spiro atoms. The number of carbonyl (C=O) groups is 1. The molecular formula is C9H8BrNO4. The molecule has 0 aliphatic carbocycles. The fraction of sp³-hybridized carbons (Fsp3) is 0.222. The Kier molecular flexibility index (Phi) is 2.90. The number of ether oxygens (including phenoxy) is 2. The molecule has 5 nitrogen and oxygen atoms in total. The topological polar surface area (TPSA) is 70.8 Å². The number of halogens is 1. The summed E-state index contributed by atoms with van der Waals surface area (Å²) in [5.41, 5.74) is 1.17. The van der Waals surface area contributed by atoms with Crippen LogP contribution in [0.3, 0.4) is 0 Å². The number of hydrogen-bond donors (Lipinski definition) is 1. The van der Waals surface area contributed by atoms with Crippen molar-refractivity contribution in [3.63, 3.8) is 0 Å². The van der Waals surface area contributed by atoms with Crippen molar-refractivity contribution in [1.29, 1.82) is 0 Å². The Hall–Kier alpha value is -1.11. The number of nitrogens with two attached hydrogens (primary N) is 1. The van der Waals surface area contributed by atoms with Gasteiger partial charge >= 0.3 is 0 Å². The minimum Gasteiger partial charge on any atom is -0.453 e. The van der Waals surface area contributed by atoms with E-state index in [4.69, 9.17) is 15.4 Å². The Morgan fingerprint density at radius 1 is 1.53 bits per heavy atom. The third-order valence-corrected chi connectivity index (χ3v) is 2.72. The van der Waals surface area contributed by atoms with Crippen LogP contribution < -0.4 is 15.4 Å². The minimum absolute atomic E-state index is 0.101. The molecule has 1 aromatic rings. The second kappa shape index (κ2) is 4.18. The van der Waals surface area contributed by atoms with Crippen LogP contribution in [0.25, 0.3) is 0 Å². The summed E-state index contributed by atoms with van der Waals surface area (Å²) in [5.74, 6) is 5.95. The van der Waals surface area contributed by atoms with Crippen molar-refractivity contribution >= 4 is 22.2 Å². The Morgan fingerprint density at radius 3 is 2.93 bits per heavy atom. The summed E-state index contributed by atoms with van der Waals surface area (Å²) in [4.78, 5) is 15.4. The van der Waals surface area contributed by atoms with Gasteiger partial charge in [-0.25, -0.2) is 5.90 Å². The zero-order valence-electron chi connectivity index (χ0n) is 7.66. The van der Waals surface area contributed by atoms with Gasteiger partial charge in [-0.1, -0.05) is 0 Å². The molecule has 80 valence electrons. The van der Waals surface area contributed by atoms with E-state index in [0.717, 1.165) is 5.56 Å². The summed E-state index contributed by atoms with van der Waals surface area (Å²) in [6.07, 6.45) is 0.713. The molecule has 0 aromatic heterocycles. The summed E-state index contributed by atoms with van der Waals surface area (Å²) in [6.45, 7) is 0.299. The molecule has 2 rings (SSSR count). The second-order valence-electron chi connectivity index (χ2n) is 2.92. The van der Waals surface area contributed by atoms with Gasteiger partial charge in [0, 0.05) is 10.0 Å². The first-order valence-electron chi connectivity index (χ1n) is 4.15. The normalized spacial score (nSPS) is 12.9. The van der Waals surface area contributed by atoms with Gasteiger partial charge in [0.2, 0.25) is 6.79 Å². The van der Waals surface area contributed by atoms with Crippen molar-refractivity contribution in [1.82, 2.24) is 0 Å². The van der Waals surface area contributed by atoms with Crippen molar-refractivity contribution in [3.8, 4) is 11.5 Å². The van der Waals surface area contributed by atoms with Crippen LogP contribution in [0.15, 0.2) is 10.5 Å². The van der Waals surface area contributed by atoms with Gasteiger partial charge in [0.1, 0.15) is 0 Å². The predicted octanol–water partition coefficient (Wildman–Crippen LogP) is 1.38. The molecule has 0 atom stereocenters. The first kappa shape index (κ1) is 10.4. The van der Waals surface area contributed by atoms with E-state index in [1.54, 1.807) is 6.07 Å². The molecule has 2 N–H and O–H groups in total. The maximum absolute atomic E-state index is 10.8. The van der Waals surface area contributed by atoms with Crippen LogP contribution in [0.4, 0.5) is 0 Å². The quantitative estimate of drug-likeness (QED) is 0.666. The van der Waals surface area contributed by atoms with E-state index in [2.05, 4.69) is 20.8 Å². The van der Waals surface area contributed by atoms with Gasteiger partial charge in [0.05, 0.1) is 12.2 Å². The predicted molar refractivity (Wildman–Crippen MR) is 54.6 cm³/mol. The van der Waals surface area contributed by atoms with E-state index in [0.29, 0.717) is 27.8 Å². The van der Waals surface area contributed by atoms with Gasteiger partial charge in [-0.15, -0.1) is 0 Å². The second-order valence-corrected chi connectivity index (χ2v) is 3.78. The third-order valence-electron chi connectivity index (χ3n) is 2.06. The van der Waals surface area contributed by atoms with Gasteiger partial charge in [-0.2, -0.15) is 0 Å². The number of aldehydes is 1. The summed E-state index contributed by atoms with van der Waals surface area (Å²) < 4.78 is 11.1. The standard InChI is InChI=1S/C9H8BrNO4/c10-7-1-5(3-15-11)8-9(6(7)2-12)14-4-13-8/h1-2H,3-4,11H2. The lowest BCUT2D eigenvalue weighted by Gasteiger charge is -2.07. The molecule has 0 amide bonds. The number of rotatable bonds is 3. The molecule has 0 fully saturated rings. The van der Waals surface area contributed by atoms with E-state index < -0.39 is 0 Å². The monoisotopic (exact) mass is 273 g/mol. The number of fused-ring (bicyclic) bond motifs is 1. The van der Waals surface area contributed by atoms with Crippen LogP contribution >= 0.6 is 15.9 Å². The van der Waals surface area contributed by atoms with Gasteiger partial charge < -0.3 is 9.47 Å². The van der Waals surface area contributed by atoms with Crippen molar-refractivity contribution in [2.75, 3.05) is 6.79 Å². The van der Waals surface area contributed by atoms with E-state index in [-0.39, 0.29) is 13.4 Å².